The Morgan fingerprint density at radius 2 is 1.59 bits per heavy atom. The lowest BCUT2D eigenvalue weighted by atomic mass is 9.80. The first kappa shape index (κ1) is 21.6. The van der Waals surface area contributed by atoms with Crippen LogP contribution in [0.4, 0.5) is 0 Å². The van der Waals surface area contributed by atoms with Gasteiger partial charge in [0.25, 0.3) is 5.56 Å². The van der Waals surface area contributed by atoms with Crippen LogP contribution in [0.15, 0.2) is 29.2 Å². The normalized spacial score (nSPS) is 19.1. The molecule has 4 heteroatoms. The van der Waals surface area contributed by atoms with Crippen molar-refractivity contribution in [3.05, 3.63) is 51.7 Å². The van der Waals surface area contributed by atoms with E-state index >= 15 is 0 Å². The average molecular weight is 432 g/mol. The van der Waals surface area contributed by atoms with Crippen molar-refractivity contribution in [2.75, 3.05) is 0 Å². The van der Waals surface area contributed by atoms with Crippen molar-refractivity contribution in [1.29, 1.82) is 0 Å². The van der Waals surface area contributed by atoms with Crippen LogP contribution in [0, 0.1) is 5.92 Å². The van der Waals surface area contributed by atoms with E-state index in [9.17, 15) is 4.79 Å². The molecular weight excluding hydrogens is 394 g/mol. The summed E-state index contributed by atoms with van der Waals surface area (Å²) in [4.78, 5) is 23.1. The van der Waals surface area contributed by atoms with Crippen LogP contribution in [-0.4, -0.2) is 14.4 Å². The van der Waals surface area contributed by atoms with Crippen LogP contribution in [-0.2, 0) is 11.8 Å². The highest BCUT2D eigenvalue weighted by Gasteiger charge is 2.27. The Hall–Kier alpha value is -2.23. The highest BCUT2D eigenvalue weighted by molar-refractivity contribution is 5.91. The quantitative estimate of drug-likeness (QED) is 0.433. The van der Waals surface area contributed by atoms with Gasteiger partial charge in [0.2, 0.25) is 0 Å². The number of hydrogen-bond acceptors (Lipinski definition) is 3. The van der Waals surface area contributed by atoms with E-state index in [1.54, 1.807) is 0 Å². The summed E-state index contributed by atoms with van der Waals surface area (Å²) in [5.74, 6) is 1.05. The molecule has 3 aromatic heterocycles. The Morgan fingerprint density at radius 3 is 2.28 bits per heavy atom. The second-order valence-corrected chi connectivity index (χ2v) is 11.2. The lowest BCUT2D eigenvalue weighted by molar-refractivity contribution is 0.350. The molecule has 3 aromatic rings. The summed E-state index contributed by atoms with van der Waals surface area (Å²) in [6.45, 7) is 6.55. The molecule has 2 aliphatic rings. The topological polar surface area (TPSA) is 47.3 Å². The minimum Gasteiger partial charge on any atom is -0.304 e. The molecule has 0 radical (unpaired) electrons. The van der Waals surface area contributed by atoms with Crippen LogP contribution in [0.2, 0.25) is 0 Å². The molecule has 0 N–H and O–H groups in total. The van der Waals surface area contributed by atoms with Crippen LogP contribution in [0.3, 0.4) is 0 Å². The van der Waals surface area contributed by atoms with Crippen LogP contribution in [0.5, 0.6) is 0 Å². The number of pyridine rings is 2. The van der Waals surface area contributed by atoms with Gasteiger partial charge in [0.1, 0.15) is 0 Å². The van der Waals surface area contributed by atoms with Gasteiger partial charge in [-0.2, -0.15) is 4.98 Å². The lowest BCUT2D eigenvalue weighted by Gasteiger charge is -2.28. The van der Waals surface area contributed by atoms with E-state index in [4.69, 9.17) is 9.97 Å². The van der Waals surface area contributed by atoms with Gasteiger partial charge >= 0.3 is 0 Å². The smallest absolute Gasteiger partial charge is 0.276 e. The van der Waals surface area contributed by atoms with Crippen molar-refractivity contribution in [2.45, 2.75) is 103 Å². The summed E-state index contributed by atoms with van der Waals surface area (Å²) in [5, 5.41) is 0.984. The maximum atomic E-state index is 13.5. The molecular formula is C28H37N3O. The highest BCUT2D eigenvalue weighted by Crippen LogP contribution is 2.36. The van der Waals surface area contributed by atoms with Gasteiger partial charge in [-0.15, -0.1) is 0 Å². The molecule has 0 bridgehead atoms. The first-order valence-electron chi connectivity index (χ1n) is 12.8. The molecule has 5 rings (SSSR count). The Labute approximate surface area is 191 Å². The fraction of sp³-hybridized carbons (Fsp3) is 0.607. The summed E-state index contributed by atoms with van der Waals surface area (Å²) in [7, 11) is 0. The monoisotopic (exact) mass is 431 g/mol. The highest BCUT2D eigenvalue weighted by atomic mass is 16.1. The summed E-state index contributed by atoms with van der Waals surface area (Å²) < 4.78 is 2.25. The maximum absolute atomic E-state index is 13.5. The molecule has 170 valence electrons. The Morgan fingerprint density at radius 1 is 0.906 bits per heavy atom. The molecule has 2 saturated carbocycles. The Bertz CT molecular complexity index is 1180. The van der Waals surface area contributed by atoms with Crippen molar-refractivity contribution in [2.24, 2.45) is 5.92 Å². The third-order valence-corrected chi connectivity index (χ3v) is 7.80. The van der Waals surface area contributed by atoms with Crippen LogP contribution in [0.1, 0.15) is 108 Å². The van der Waals surface area contributed by atoms with E-state index in [-0.39, 0.29) is 11.0 Å². The molecule has 0 saturated heterocycles. The zero-order valence-electron chi connectivity index (χ0n) is 20.0. The van der Waals surface area contributed by atoms with Crippen molar-refractivity contribution in [3.8, 4) is 0 Å². The Balaban J connectivity index is 1.70. The third-order valence-electron chi connectivity index (χ3n) is 7.80. The molecule has 3 heterocycles. The van der Waals surface area contributed by atoms with E-state index in [1.807, 2.05) is 0 Å². The molecule has 2 fully saturated rings. The average Bonchev–Trinajstić information content (AvgIpc) is 2.79. The third kappa shape index (κ3) is 4.09. The molecule has 4 nitrogen and oxygen atoms in total. The SMILES string of the molecule is CC(C)(C)c1ccc2c(ccn3c(CC4CCCCC4)c(C4CCCCC4)c(=O)nc23)n1. The first-order chi connectivity index (χ1) is 15.4. The predicted octanol–water partition coefficient (Wildman–Crippen LogP) is 6.71. The van der Waals surface area contributed by atoms with E-state index < -0.39 is 0 Å². The number of fused-ring (bicyclic) bond motifs is 3. The maximum Gasteiger partial charge on any atom is 0.276 e. The predicted molar refractivity (Wildman–Crippen MR) is 132 cm³/mol. The van der Waals surface area contributed by atoms with Gasteiger partial charge in [0.05, 0.1) is 5.52 Å². The number of rotatable bonds is 3. The van der Waals surface area contributed by atoms with Gasteiger partial charge < -0.3 is 4.40 Å². The van der Waals surface area contributed by atoms with E-state index in [0.29, 0.717) is 11.8 Å². The summed E-state index contributed by atoms with van der Waals surface area (Å²) in [6.07, 6.45) is 15.7. The molecule has 0 unspecified atom stereocenters. The van der Waals surface area contributed by atoms with Gasteiger partial charge in [-0.05, 0) is 49.3 Å². The van der Waals surface area contributed by atoms with Crippen molar-refractivity contribution < 1.29 is 0 Å². The second-order valence-electron chi connectivity index (χ2n) is 11.2. The molecule has 2 aliphatic carbocycles. The molecule has 0 amide bonds. The summed E-state index contributed by atoms with van der Waals surface area (Å²) >= 11 is 0. The first-order valence-corrected chi connectivity index (χ1v) is 12.8. The van der Waals surface area contributed by atoms with Gasteiger partial charge in [-0.3, -0.25) is 9.78 Å². The summed E-state index contributed by atoms with van der Waals surface area (Å²) in [5.41, 5.74) is 5.04. The van der Waals surface area contributed by atoms with Gasteiger partial charge in [0, 0.05) is 33.9 Å². The zero-order valence-corrected chi connectivity index (χ0v) is 20.0. The fourth-order valence-electron chi connectivity index (χ4n) is 5.97. The van der Waals surface area contributed by atoms with Crippen LogP contribution in [0.25, 0.3) is 16.6 Å². The van der Waals surface area contributed by atoms with Crippen molar-refractivity contribution in [3.63, 3.8) is 0 Å². The van der Waals surface area contributed by atoms with Gasteiger partial charge in [0.15, 0.2) is 5.65 Å². The van der Waals surface area contributed by atoms with Gasteiger partial charge in [-0.1, -0.05) is 72.1 Å². The number of nitrogens with zero attached hydrogens (tertiary/aromatic N) is 3. The van der Waals surface area contributed by atoms with E-state index in [0.717, 1.165) is 47.1 Å². The van der Waals surface area contributed by atoms with E-state index in [2.05, 4.69) is 49.6 Å². The largest absolute Gasteiger partial charge is 0.304 e. The molecule has 0 atom stereocenters. The molecule has 0 aliphatic heterocycles. The standard InChI is InChI=1S/C28H37N3O/c1-28(2,3)24-15-14-21-22(29-24)16-17-31-23(18-19-10-6-4-7-11-19)25(27(32)30-26(21)31)20-12-8-5-9-13-20/h14-17,19-20H,4-13,18H2,1-3H3. The van der Waals surface area contributed by atoms with Crippen molar-refractivity contribution >= 4 is 16.6 Å². The van der Waals surface area contributed by atoms with Crippen LogP contribution < -0.4 is 5.56 Å². The minimum atomic E-state index is -0.00953. The Kier molecular flexibility index (Phi) is 5.81. The second kappa shape index (κ2) is 8.61. The molecule has 0 aromatic carbocycles. The fourth-order valence-corrected chi connectivity index (χ4v) is 5.97. The summed E-state index contributed by atoms with van der Waals surface area (Å²) in [6, 6.07) is 6.35. The number of hydrogen-bond donors (Lipinski definition) is 0. The number of aromatic nitrogens is 3. The zero-order chi connectivity index (χ0) is 22.3. The van der Waals surface area contributed by atoms with Gasteiger partial charge in [-0.25, -0.2) is 0 Å². The molecule has 32 heavy (non-hydrogen) atoms. The van der Waals surface area contributed by atoms with E-state index in [1.165, 1.54) is 57.1 Å². The van der Waals surface area contributed by atoms with Crippen LogP contribution >= 0.6 is 0 Å². The van der Waals surface area contributed by atoms with Crippen molar-refractivity contribution in [1.82, 2.24) is 14.4 Å². The minimum absolute atomic E-state index is 0.00936. The lowest BCUT2D eigenvalue weighted by Crippen LogP contribution is -2.26. The molecule has 0 spiro atoms.